The van der Waals surface area contributed by atoms with Crippen LogP contribution in [0.25, 0.3) is 0 Å². The van der Waals surface area contributed by atoms with E-state index in [0.29, 0.717) is 0 Å². The van der Waals surface area contributed by atoms with Gasteiger partial charge in [0.1, 0.15) is 0 Å². The molecule has 0 spiro atoms. The van der Waals surface area contributed by atoms with Crippen LogP contribution in [0, 0.1) is 0 Å². The van der Waals surface area contributed by atoms with E-state index in [1.165, 1.54) is 29.9 Å². The third kappa shape index (κ3) is 1.57. The van der Waals surface area contributed by atoms with Gasteiger partial charge in [-0.1, -0.05) is 0 Å². The van der Waals surface area contributed by atoms with Gasteiger partial charge in [-0.3, -0.25) is 4.79 Å². The van der Waals surface area contributed by atoms with Crippen LogP contribution in [0.1, 0.15) is 36.4 Å². The van der Waals surface area contributed by atoms with Crippen molar-refractivity contribution in [3.63, 3.8) is 0 Å². The van der Waals surface area contributed by atoms with Gasteiger partial charge in [0.15, 0.2) is 6.29 Å². The van der Waals surface area contributed by atoms with Gasteiger partial charge >= 0.3 is 0 Å². The van der Waals surface area contributed by atoms with Crippen molar-refractivity contribution >= 4 is 23.3 Å². The Morgan fingerprint density at radius 1 is 1.57 bits per heavy atom. The lowest BCUT2D eigenvalue weighted by Crippen LogP contribution is -2.37. The fourth-order valence-corrected chi connectivity index (χ4v) is 2.83. The Kier molecular flexibility index (Phi) is 2.35. The topological polar surface area (TPSA) is 20.3 Å². The molecular weight excluding hydrogens is 194 g/mol. The van der Waals surface area contributed by atoms with Crippen molar-refractivity contribution in [3.8, 4) is 0 Å². The summed E-state index contributed by atoms with van der Waals surface area (Å²) in [6, 6.07) is 1.99. The van der Waals surface area contributed by atoms with Crippen LogP contribution in [-0.2, 0) is 0 Å². The fourth-order valence-electron chi connectivity index (χ4n) is 2.13. The van der Waals surface area contributed by atoms with E-state index in [0.717, 1.165) is 17.7 Å². The number of nitrogens with zero attached hydrogens (tertiary/aromatic N) is 1. The highest BCUT2D eigenvalue weighted by Crippen LogP contribution is 2.35. The summed E-state index contributed by atoms with van der Waals surface area (Å²) in [5.74, 6) is 0. The zero-order valence-electron chi connectivity index (χ0n) is 8.62. The fraction of sp³-hybridized carbons (Fsp3) is 0.545. The monoisotopic (exact) mass is 209 g/mol. The molecule has 0 saturated carbocycles. The number of carbonyl (C=O) groups excluding carboxylic acids is 1. The number of carbonyl (C=O) groups is 1. The SMILES string of the molecule is CC1(C)CCCN1c1csc(C=O)c1. The summed E-state index contributed by atoms with van der Waals surface area (Å²) < 4.78 is 0. The Labute approximate surface area is 88.5 Å². The van der Waals surface area contributed by atoms with Crippen molar-refractivity contribution in [3.05, 3.63) is 16.3 Å². The molecule has 3 heteroatoms. The van der Waals surface area contributed by atoms with Gasteiger partial charge in [0.2, 0.25) is 0 Å². The van der Waals surface area contributed by atoms with Crippen molar-refractivity contribution in [2.45, 2.75) is 32.2 Å². The Morgan fingerprint density at radius 3 is 2.86 bits per heavy atom. The number of rotatable bonds is 2. The first-order valence-corrected chi connectivity index (χ1v) is 5.83. The van der Waals surface area contributed by atoms with Crippen LogP contribution in [0.2, 0.25) is 0 Å². The second kappa shape index (κ2) is 3.39. The molecule has 0 atom stereocenters. The average Bonchev–Trinajstić information content (AvgIpc) is 2.70. The number of anilines is 1. The van der Waals surface area contributed by atoms with Crippen LogP contribution in [0.15, 0.2) is 11.4 Å². The van der Waals surface area contributed by atoms with E-state index in [1.54, 1.807) is 0 Å². The number of hydrogen-bond acceptors (Lipinski definition) is 3. The maximum Gasteiger partial charge on any atom is 0.160 e. The van der Waals surface area contributed by atoms with Crippen LogP contribution in [0.4, 0.5) is 5.69 Å². The summed E-state index contributed by atoms with van der Waals surface area (Å²) in [6.07, 6.45) is 3.41. The first kappa shape index (κ1) is 9.71. The number of aldehydes is 1. The quantitative estimate of drug-likeness (QED) is 0.698. The molecule has 1 aliphatic heterocycles. The molecule has 2 nitrogen and oxygen atoms in total. The van der Waals surface area contributed by atoms with Crippen molar-refractivity contribution in [2.75, 3.05) is 11.4 Å². The van der Waals surface area contributed by atoms with Crippen molar-refractivity contribution < 1.29 is 4.79 Å². The van der Waals surface area contributed by atoms with Crippen LogP contribution in [-0.4, -0.2) is 18.4 Å². The van der Waals surface area contributed by atoms with E-state index in [9.17, 15) is 4.79 Å². The minimum atomic E-state index is 0.251. The summed E-state index contributed by atoms with van der Waals surface area (Å²) in [5.41, 5.74) is 1.46. The van der Waals surface area contributed by atoms with E-state index in [1.807, 2.05) is 6.07 Å². The van der Waals surface area contributed by atoms with E-state index < -0.39 is 0 Å². The minimum absolute atomic E-state index is 0.251. The van der Waals surface area contributed by atoms with Crippen LogP contribution in [0.5, 0.6) is 0 Å². The molecule has 1 aliphatic rings. The smallest absolute Gasteiger partial charge is 0.160 e. The van der Waals surface area contributed by atoms with E-state index in [-0.39, 0.29) is 5.54 Å². The summed E-state index contributed by atoms with van der Waals surface area (Å²) in [5, 5.41) is 2.08. The molecule has 1 saturated heterocycles. The maximum absolute atomic E-state index is 10.6. The molecule has 14 heavy (non-hydrogen) atoms. The molecule has 0 radical (unpaired) electrons. The molecule has 1 aromatic heterocycles. The molecule has 0 bridgehead atoms. The summed E-state index contributed by atoms with van der Waals surface area (Å²) in [4.78, 5) is 13.8. The summed E-state index contributed by atoms with van der Waals surface area (Å²) in [7, 11) is 0. The minimum Gasteiger partial charge on any atom is -0.366 e. The Hall–Kier alpha value is -0.830. The molecule has 0 aliphatic carbocycles. The Bertz CT molecular complexity index is 343. The van der Waals surface area contributed by atoms with Gasteiger partial charge in [-0.25, -0.2) is 0 Å². The van der Waals surface area contributed by atoms with Crippen LogP contribution < -0.4 is 4.90 Å². The molecule has 2 heterocycles. The van der Waals surface area contributed by atoms with E-state index in [4.69, 9.17) is 0 Å². The molecule has 1 fully saturated rings. The lowest BCUT2D eigenvalue weighted by Gasteiger charge is -2.32. The zero-order valence-corrected chi connectivity index (χ0v) is 9.43. The van der Waals surface area contributed by atoms with E-state index >= 15 is 0 Å². The summed E-state index contributed by atoms with van der Waals surface area (Å²) >= 11 is 1.53. The third-order valence-corrected chi connectivity index (χ3v) is 3.78. The normalized spacial score (nSPS) is 20.0. The van der Waals surface area contributed by atoms with Gasteiger partial charge in [0.05, 0.1) is 4.88 Å². The molecule has 0 unspecified atom stereocenters. The Morgan fingerprint density at radius 2 is 2.36 bits per heavy atom. The molecule has 1 aromatic rings. The van der Waals surface area contributed by atoms with E-state index in [2.05, 4.69) is 24.1 Å². The van der Waals surface area contributed by atoms with Gasteiger partial charge in [0.25, 0.3) is 0 Å². The molecule has 2 rings (SSSR count). The highest BCUT2D eigenvalue weighted by molar-refractivity contribution is 7.12. The van der Waals surface area contributed by atoms with Crippen LogP contribution in [0.3, 0.4) is 0 Å². The van der Waals surface area contributed by atoms with Crippen molar-refractivity contribution in [1.82, 2.24) is 0 Å². The molecule has 0 aromatic carbocycles. The highest BCUT2D eigenvalue weighted by atomic mass is 32.1. The van der Waals surface area contributed by atoms with Crippen molar-refractivity contribution in [1.29, 1.82) is 0 Å². The summed E-state index contributed by atoms with van der Waals surface area (Å²) in [6.45, 7) is 5.64. The van der Waals surface area contributed by atoms with Gasteiger partial charge in [-0.05, 0) is 32.8 Å². The average molecular weight is 209 g/mol. The highest BCUT2D eigenvalue weighted by Gasteiger charge is 2.32. The number of thiophene rings is 1. The largest absolute Gasteiger partial charge is 0.366 e. The first-order valence-electron chi connectivity index (χ1n) is 4.95. The second-order valence-corrected chi connectivity index (χ2v) is 5.34. The van der Waals surface area contributed by atoms with Gasteiger partial charge in [-0.2, -0.15) is 0 Å². The lowest BCUT2D eigenvalue weighted by molar-refractivity contribution is 0.112. The molecule has 76 valence electrons. The maximum atomic E-state index is 10.6. The third-order valence-electron chi connectivity index (χ3n) is 2.93. The first-order chi connectivity index (χ1) is 6.63. The van der Waals surface area contributed by atoms with Gasteiger partial charge in [-0.15, -0.1) is 11.3 Å². The standard InChI is InChI=1S/C11H15NOS/c1-11(2)4-3-5-12(11)9-6-10(7-13)14-8-9/h6-8H,3-5H2,1-2H3. The predicted molar refractivity (Wildman–Crippen MR) is 60.4 cm³/mol. The van der Waals surface area contributed by atoms with Crippen LogP contribution >= 0.6 is 11.3 Å². The van der Waals surface area contributed by atoms with Gasteiger partial charge in [0, 0.05) is 23.2 Å². The molecule has 0 N–H and O–H groups in total. The second-order valence-electron chi connectivity index (χ2n) is 4.39. The predicted octanol–water partition coefficient (Wildman–Crippen LogP) is 2.94. The lowest BCUT2D eigenvalue weighted by atomic mass is 10.0. The van der Waals surface area contributed by atoms with Crippen molar-refractivity contribution in [2.24, 2.45) is 0 Å². The molecule has 0 amide bonds. The molecular formula is C11H15NOS. The zero-order chi connectivity index (χ0) is 10.2. The van der Waals surface area contributed by atoms with Gasteiger partial charge < -0.3 is 4.90 Å². The number of hydrogen-bond donors (Lipinski definition) is 0. The Balaban J connectivity index is 2.26.